The van der Waals surface area contributed by atoms with Crippen molar-refractivity contribution < 1.29 is 29.0 Å². The third-order valence-corrected chi connectivity index (χ3v) is 6.73. The lowest BCUT2D eigenvalue weighted by molar-refractivity contribution is -0.273. The lowest BCUT2D eigenvalue weighted by Gasteiger charge is -2.33. The van der Waals surface area contributed by atoms with Gasteiger partial charge in [0.2, 0.25) is 0 Å². The minimum atomic E-state index is -1.34. The van der Waals surface area contributed by atoms with Gasteiger partial charge in [-0.05, 0) is 25.7 Å². The number of hydrogen-bond acceptors (Lipinski definition) is 6. The topological polar surface area (TPSA) is 86.7 Å². The summed E-state index contributed by atoms with van der Waals surface area (Å²) in [5.74, 6) is -2.71. The van der Waals surface area contributed by atoms with E-state index in [-0.39, 0.29) is 23.4 Å². The van der Waals surface area contributed by atoms with Gasteiger partial charge in [0.15, 0.2) is 11.6 Å². The molecule has 0 N–H and O–H groups in total. The molecule has 0 rings (SSSR count). The van der Waals surface area contributed by atoms with Crippen molar-refractivity contribution in [1.82, 2.24) is 0 Å². The quantitative estimate of drug-likeness (QED) is 0.0890. The number of carbonyl (C=O) groups is 4. The molecule has 6 nitrogen and oxygen atoms in total. The van der Waals surface area contributed by atoms with Crippen LogP contribution in [0.4, 0.5) is 0 Å². The molecule has 0 aromatic heterocycles. The third kappa shape index (κ3) is 8.49. The van der Waals surface area contributed by atoms with Gasteiger partial charge in [0.05, 0.1) is 0 Å². The van der Waals surface area contributed by atoms with Crippen LogP contribution in [0, 0.1) is 22.7 Å². The lowest BCUT2D eigenvalue weighted by atomic mass is 9.71. The van der Waals surface area contributed by atoms with E-state index in [4.69, 9.17) is 9.78 Å². The minimum absolute atomic E-state index is 0.187. The molecule has 0 bridgehead atoms. The molecule has 0 spiro atoms. The van der Waals surface area contributed by atoms with E-state index in [0.717, 1.165) is 25.7 Å². The highest BCUT2D eigenvalue weighted by atomic mass is 17.2. The van der Waals surface area contributed by atoms with Gasteiger partial charge in [-0.15, -0.1) is 0 Å². The summed E-state index contributed by atoms with van der Waals surface area (Å²) in [6, 6.07) is 0. The first-order valence-corrected chi connectivity index (χ1v) is 13.5. The van der Waals surface area contributed by atoms with Crippen LogP contribution >= 0.6 is 0 Å². The second-order valence-corrected chi connectivity index (χ2v) is 10.4. The fourth-order valence-electron chi connectivity index (χ4n) is 4.90. The van der Waals surface area contributed by atoms with E-state index in [2.05, 4.69) is 13.8 Å². The first kappa shape index (κ1) is 32.3. The van der Waals surface area contributed by atoms with Gasteiger partial charge in [-0.2, -0.15) is 0 Å². The highest BCUT2D eigenvalue weighted by Crippen LogP contribution is 2.39. The molecule has 0 saturated heterocycles. The largest absolute Gasteiger partial charge is 0.369 e. The normalized spacial score (nSPS) is 15.0. The molecular formula is C28H50O6. The van der Waals surface area contributed by atoms with Crippen molar-refractivity contribution in [3.63, 3.8) is 0 Å². The van der Waals surface area contributed by atoms with Crippen molar-refractivity contribution in [3.05, 3.63) is 0 Å². The average molecular weight is 483 g/mol. The molecule has 2 unspecified atom stereocenters. The summed E-state index contributed by atoms with van der Waals surface area (Å²) in [5, 5.41) is 0. The zero-order valence-corrected chi connectivity index (χ0v) is 23.1. The maximum Gasteiger partial charge on any atom is 0.369 e. The lowest BCUT2D eigenvalue weighted by Crippen LogP contribution is -2.46. The van der Waals surface area contributed by atoms with Crippen LogP contribution in [-0.4, -0.2) is 23.5 Å². The second-order valence-electron chi connectivity index (χ2n) is 10.4. The summed E-state index contributed by atoms with van der Waals surface area (Å²) in [7, 11) is 0. The molecule has 0 radical (unpaired) electrons. The van der Waals surface area contributed by atoms with Crippen molar-refractivity contribution in [2.24, 2.45) is 22.7 Å². The van der Waals surface area contributed by atoms with Crippen LogP contribution in [-0.2, 0) is 29.0 Å². The van der Waals surface area contributed by atoms with E-state index in [1.165, 1.54) is 0 Å². The number of carbonyl (C=O) groups excluding carboxylic acids is 4. The summed E-state index contributed by atoms with van der Waals surface area (Å²) in [4.78, 5) is 63.4. The molecule has 0 fully saturated rings. The van der Waals surface area contributed by atoms with Gasteiger partial charge in [0.25, 0.3) is 0 Å². The Hall–Kier alpha value is -1.72. The van der Waals surface area contributed by atoms with E-state index in [0.29, 0.717) is 51.4 Å². The number of Topliss-reactive ketones (excluding diaryl/α,β-unsaturated/α-hetero) is 2. The highest BCUT2D eigenvalue weighted by Gasteiger charge is 2.50. The summed E-state index contributed by atoms with van der Waals surface area (Å²) in [6.07, 6.45) is 7.76. The summed E-state index contributed by atoms with van der Waals surface area (Å²) >= 11 is 0. The Morgan fingerprint density at radius 3 is 1.09 bits per heavy atom. The van der Waals surface area contributed by atoms with E-state index in [1.54, 1.807) is 27.7 Å². The molecule has 2 atom stereocenters. The second kappa shape index (κ2) is 16.0. The number of hydrogen-bond donors (Lipinski definition) is 0. The monoisotopic (exact) mass is 482 g/mol. The Morgan fingerprint density at radius 2 is 0.853 bits per heavy atom. The Balaban J connectivity index is 5.97. The summed E-state index contributed by atoms with van der Waals surface area (Å²) < 4.78 is 0. The molecule has 0 aliphatic heterocycles. The zero-order valence-electron chi connectivity index (χ0n) is 23.1. The molecule has 198 valence electrons. The van der Waals surface area contributed by atoms with E-state index in [1.807, 2.05) is 13.8 Å². The van der Waals surface area contributed by atoms with E-state index >= 15 is 0 Å². The fraction of sp³-hybridized carbons (Fsp3) is 0.857. The van der Waals surface area contributed by atoms with Crippen molar-refractivity contribution >= 4 is 23.5 Å². The van der Waals surface area contributed by atoms with Crippen LogP contribution in [0.15, 0.2) is 0 Å². The van der Waals surface area contributed by atoms with Crippen LogP contribution in [0.5, 0.6) is 0 Å². The van der Waals surface area contributed by atoms with Crippen LogP contribution < -0.4 is 0 Å². The Kier molecular flexibility index (Phi) is 15.2. The smallest absolute Gasteiger partial charge is 0.298 e. The zero-order chi connectivity index (χ0) is 26.4. The maximum atomic E-state index is 13.3. The molecule has 0 aliphatic carbocycles. The van der Waals surface area contributed by atoms with Gasteiger partial charge in [-0.3, -0.25) is 9.59 Å². The molecule has 0 aromatic carbocycles. The minimum Gasteiger partial charge on any atom is -0.298 e. The van der Waals surface area contributed by atoms with Gasteiger partial charge in [-0.25, -0.2) is 19.4 Å². The van der Waals surface area contributed by atoms with E-state index < -0.39 is 22.8 Å². The van der Waals surface area contributed by atoms with Crippen LogP contribution in [0.25, 0.3) is 0 Å². The van der Waals surface area contributed by atoms with Crippen molar-refractivity contribution in [3.8, 4) is 0 Å². The SMILES string of the molecule is CCCCCC(CCC)(C(=O)OOC(=O)C(CCC)(CCCCC)C(=O)C(C)C)C(=O)C(C)C. The van der Waals surface area contributed by atoms with Crippen molar-refractivity contribution in [1.29, 1.82) is 0 Å². The number of rotatable bonds is 18. The summed E-state index contributed by atoms with van der Waals surface area (Å²) in [6.45, 7) is 15.0. The third-order valence-electron chi connectivity index (χ3n) is 6.73. The number of unbranched alkanes of at least 4 members (excludes halogenated alkanes) is 4. The molecule has 0 aliphatic rings. The predicted octanol–water partition coefficient (Wildman–Crippen LogP) is 7.17. The first-order chi connectivity index (χ1) is 16.0. The Labute approximate surface area is 207 Å². The maximum absolute atomic E-state index is 13.3. The fourth-order valence-corrected chi connectivity index (χ4v) is 4.90. The summed E-state index contributed by atoms with van der Waals surface area (Å²) in [5.41, 5.74) is -2.67. The number of ketones is 2. The molecular weight excluding hydrogens is 432 g/mol. The van der Waals surface area contributed by atoms with Crippen molar-refractivity contribution in [2.45, 2.75) is 132 Å². The van der Waals surface area contributed by atoms with Gasteiger partial charge < -0.3 is 0 Å². The Bertz CT molecular complexity index is 597. The van der Waals surface area contributed by atoms with Gasteiger partial charge in [-0.1, -0.05) is 107 Å². The van der Waals surface area contributed by atoms with E-state index in [9.17, 15) is 19.2 Å². The van der Waals surface area contributed by atoms with Crippen LogP contribution in [0.1, 0.15) is 132 Å². The molecule has 6 heteroatoms. The molecule has 0 heterocycles. The van der Waals surface area contributed by atoms with Gasteiger partial charge >= 0.3 is 11.9 Å². The average Bonchev–Trinajstić information content (AvgIpc) is 2.80. The van der Waals surface area contributed by atoms with Crippen LogP contribution in [0.2, 0.25) is 0 Å². The van der Waals surface area contributed by atoms with Gasteiger partial charge in [0, 0.05) is 11.8 Å². The van der Waals surface area contributed by atoms with Crippen molar-refractivity contribution in [2.75, 3.05) is 0 Å². The van der Waals surface area contributed by atoms with Gasteiger partial charge in [0.1, 0.15) is 10.8 Å². The molecule has 0 aromatic rings. The molecule has 0 saturated carbocycles. The highest BCUT2D eigenvalue weighted by molar-refractivity contribution is 6.06. The van der Waals surface area contributed by atoms with Crippen LogP contribution in [0.3, 0.4) is 0 Å². The standard InChI is InChI=1S/C28H50O6/c1-9-13-15-19-27(17-11-3,23(29)21(5)6)25(31)33-34-26(32)28(18-12-4,20-16-14-10-2)24(30)22(7)8/h21-22H,9-20H2,1-8H3. The first-order valence-electron chi connectivity index (χ1n) is 13.5. The molecule has 34 heavy (non-hydrogen) atoms. The Morgan fingerprint density at radius 1 is 0.529 bits per heavy atom. The predicted molar refractivity (Wildman–Crippen MR) is 135 cm³/mol. The molecule has 0 amide bonds.